The Labute approximate surface area is 179 Å². The van der Waals surface area contributed by atoms with Crippen molar-refractivity contribution in [3.63, 3.8) is 0 Å². The van der Waals surface area contributed by atoms with Crippen LogP contribution in [0.15, 0.2) is 42.7 Å². The molecular weight excluding hydrogens is 471 g/mol. The van der Waals surface area contributed by atoms with Crippen molar-refractivity contribution in [1.82, 2.24) is 15.8 Å². The molecule has 0 bridgehead atoms. The fourth-order valence-electron chi connectivity index (χ4n) is 2.55. The minimum Gasteiger partial charge on any atom is -0.321 e. The monoisotopic (exact) mass is 484 g/mol. The lowest BCUT2D eigenvalue weighted by molar-refractivity contribution is -0.117. The van der Waals surface area contributed by atoms with Gasteiger partial charge in [0.05, 0.1) is 16.4 Å². The Hall–Kier alpha value is -2.33. The number of alkyl halides is 1. The summed E-state index contributed by atoms with van der Waals surface area (Å²) in [4.78, 5) is 27.8. The summed E-state index contributed by atoms with van der Waals surface area (Å²) < 4.78 is -1.24. The second kappa shape index (κ2) is 8.36. The molecule has 2 heterocycles. The predicted molar refractivity (Wildman–Crippen MR) is 113 cm³/mol. The second-order valence-electron chi connectivity index (χ2n) is 5.80. The van der Waals surface area contributed by atoms with E-state index in [1.54, 1.807) is 54.7 Å². The molecular formula is C17H15BrCl2N6O2. The molecule has 8 nitrogen and oxygen atoms in total. The molecule has 1 aliphatic rings. The summed E-state index contributed by atoms with van der Waals surface area (Å²) in [5, 5.41) is 5.25. The van der Waals surface area contributed by atoms with Gasteiger partial charge in [0.2, 0.25) is 6.41 Å². The normalized spacial score (nSPS) is 18.1. The number of benzene rings is 1. The number of hydrazine groups is 2. The van der Waals surface area contributed by atoms with E-state index in [-0.39, 0.29) is 0 Å². The summed E-state index contributed by atoms with van der Waals surface area (Å²) >= 11 is 15.6. The maximum absolute atomic E-state index is 13.0. The van der Waals surface area contributed by atoms with Gasteiger partial charge in [0.1, 0.15) is 0 Å². The quantitative estimate of drug-likeness (QED) is 0.217. The van der Waals surface area contributed by atoms with Gasteiger partial charge in [-0.25, -0.2) is 4.98 Å². The average Bonchev–Trinajstić information content (AvgIpc) is 3.06. The van der Waals surface area contributed by atoms with Gasteiger partial charge in [-0.05, 0) is 42.8 Å². The Bertz CT molecular complexity index is 957. The van der Waals surface area contributed by atoms with Crippen LogP contribution in [-0.2, 0) is 9.59 Å². The minimum absolute atomic E-state index is 0.405. The van der Waals surface area contributed by atoms with Crippen molar-refractivity contribution in [1.29, 1.82) is 0 Å². The zero-order chi connectivity index (χ0) is 20.3. The largest absolute Gasteiger partial charge is 0.321 e. The third-order valence-electron chi connectivity index (χ3n) is 3.84. The molecule has 0 saturated carbocycles. The van der Waals surface area contributed by atoms with Crippen LogP contribution in [0.25, 0.3) is 0 Å². The third kappa shape index (κ3) is 4.22. The molecule has 0 aliphatic carbocycles. The van der Waals surface area contributed by atoms with E-state index in [2.05, 4.69) is 42.5 Å². The molecule has 0 fully saturated rings. The Morgan fingerprint density at radius 3 is 2.89 bits per heavy atom. The topological polar surface area (TPSA) is 98.4 Å². The highest BCUT2D eigenvalue weighted by atomic mass is 79.9. The first-order chi connectivity index (χ1) is 13.3. The number of amides is 2. The van der Waals surface area contributed by atoms with E-state index >= 15 is 0 Å². The van der Waals surface area contributed by atoms with Crippen molar-refractivity contribution >= 4 is 68.6 Å². The van der Waals surface area contributed by atoms with Gasteiger partial charge in [0.15, 0.2) is 10.3 Å². The van der Waals surface area contributed by atoms with E-state index in [9.17, 15) is 9.59 Å². The van der Waals surface area contributed by atoms with Crippen molar-refractivity contribution in [3.05, 3.63) is 58.3 Å². The molecule has 1 aliphatic heterocycles. The summed E-state index contributed by atoms with van der Waals surface area (Å²) in [5.74, 6) is 0.0487. The number of hydrogen-bond donors (Lipinski definition) is 4. The van der Waals surface area contributed by atoms with Gasteiger partial charge < -0.3 is 5.32 Å². The first-order valence-corrected chi connectivity index (χ1v) is 9.51. The predicted octanol–water partition coefficient (Wildman–Crippen LogP) is 3.34. The van der Waals surface area contributed by atoms with Crippen LogP contribution < -0.4 is 26.6 Å². The second-order valence-corrected chi connectivity index (χ2v) is 7.90. The van der Waals surface area contributed by atoms with E-state index in [1.165, 1.54) is 0 Å². The molecule has 0 saturated heterocycles. The molecule has 146 valence electrons. The number of carbonyl (C=O) groups is 2. The molecule has 0 radical (unpaired) electrons. The number of pyridine rings is 1. The van der Waals surface area contributed by atoms with Gasteiger partial charge >= 0.3 is 0 Å². The van der Waals surface area contributed by atoms with E-state index in [1.807, 2.05) is 0 Å². The molecule has 28 heavy (non-hydrogen) atoms. The van der Waals surface area contributed by atoms with Gasteiger partial charge in [-0.2, -0.15) is 5.43 Å². The number of aryl methyl sites for hydroxylation is 1. The zero-order valence-electron chi connectivity index (χ0n) is 14.5. The Morgan fingerprint density at radius 2 is 2.18 bits per heavy atom. The summed E-state index contributed by atoms with van der Waals surface area (Å²) in [7, 11) is 0. The Kier molecular flexibility index (Phi) is 6.09. The van der Waals surface area contributed by atoms with Crippen LogP contribution in [0.1, 0.15) is 5.56 Å². The number of aromatic nitrogens is 1. The number of anilines is 3. The van der Waals surface area contributed by atoms with Gasteiger partial charge in [-0.1, -0.05) is 39.1 Å². The lowest BCUT2D eigenvalue weighted by atomic mass is 10.1. The maximum Gasteiger partial charge on any atom is 0.261 e. The number of hydrogen-bond acceptors (Lipinski definition) is 6. The Morgan fingerprint density at radius 1 is 1.39 bits per heavy atom. The first-order valence-electron chi connectivity index (χ1n) is 7.96. The summed E-state index contributed by atoms with van der Waals surface area (Å²) in [6.07, 6.45) is 5.34. The van der Waals surface area contributed by atoms with Crippen molar-refractivity contribution in [3.8, 4) is 0 Å². The van der Waals surface area contributed by atoms with Gasteiger partial charge in [0.25, 0.3) is 5.91 Å². The van der Waals surface area contributed by atoms with Crippen molar-refractivity contribution in [2.45, 2.75) is 11.4 Å². The molecule has 1 atom stereocenters. The number of halogens is 3. The molecule has 1 aromatic carbocycles. The highest BCUT2D eigenvalue weighted by Crippen LogP contribution is 2.33. The molecule has 3 rings (SSSR count). The zero-order valence-corrected chi connectivity index (χ0v) is 17.6. The standard InChI is InChI=1S/C17H15BrCl2N6O2/c1-10-7-11(19)8-13(24-22-9-27)14(10)23-16(28)17(18)4-6-26(25-17)15-12(20)3-2-5-21-15/h2-9,24-25H,1H3,(H,22,27)(H,23,28). The van der Waals surface area contributed by atoms with Crippen LogP contribution in [0.4, 0.5) is 17.2 Å². The molecule has 1 aromatic heterocycles. The van der Waals surface area contributed by atoms with Gasteiger partial charge in [-0.15, -0.1) is 0 Å². The van der Waals surface area contributed by atoms with Crippen LogP contribution in [0.5, 0.6) is 0 Å². The fraction of sp³-hybridized carbons (Fsp3) is 0.118. The SMILES string of the molecule is Cc1cc(Cl)cc(NNC=O)c1NC(=O)C1(Br)C=CN(c2ncccc2Cl)N1. The van der Waals surface area contributed by atoms with E-state index < -0.39 is 10.4 Å². The van der Waals surface area contributed by atoms with Crippen LogP contribution in [0.3, 0.4) is 0 Å². The third-order valence-corrected chi connectivity index (χ3v) is 5.15. The first kappa shape index (κ1) is 20.4. The molecule has 4 N–H and O–H groups in total. The smallest absolute Gasteiger partial charge is 0.261 e. The van der Waals surface area contributed by atoms with Crippen molar-refractivity contribution < 1.29 is 9.59 Å². The average molecular weight is 486 g/mol. The van der Waals surface area contributed by atoms with E-state index in [0.717, 1.165) is 0 Å². The van der Waals surface area contributed by atoms with Crippen LogP contribution >= 0.6 is 39.1 Å². The minimum atomic E-state index is -1.24. The highest BCUT2D eigenvalue weighted by molar-refractivity contribution is 9.10. The lowest BCUT2D eigenvalue weighted by Gasteiger charge is -2.26. The number of nitrogens with one attached hydrogen (secondary N) is 4. The molecule has 1 unspecified atom stereocenters. The summed E-state index contributed by atoms with van der Waals surface area (Å²) in [6.45, 7) is 1.78. The number of rotatable bonds is 6. The molecule has 0 spiro atoms. The van der Waals surface area contributed by atoms with Crippen LogP contribution in [-0.4, -0.2) is 21.7 Å². The maximum atomic E-state index is 13.0. The van der Waals surface area contributed by atoms with Crippen LogP contribution in [0, 0.1) is 6.92 Å². The van der Waals surface area contributed by atoms with Gasteiger partial charge in [-0.3, -0.25) is 25.4 Å². The fourth-order valence-corrected chi connectivity index (χ4v) is 3.44. The van der Waals surface area contributed by atoms with Crippen molar-refractivity contribution in [2.75, 3.05) is 15.8 Å². The molecule has 2 amide bonds. The number of nitrogens with zero attached hydrogens (tertiary/aromatic N) is 2. The lowest BCUT2D eigenvalue weighted by Crippen LogP contribution is -2.50. The molecule has 11 heteroatoms. The van der Waals surface area contributed by atoms with E-state index in [0.29, 0.717) is 39.2 Å². The van der Waals surface area contributed by atoms with Gasteiger partial charge in [0, 0.05) is 17.4 Å². The van der Waals surface area contributed by atoms with Crippen molar-refractivity contribution in [2.24, 2.45) is 0 Å². The van der Waals surface area contributed by atoms with Crippen LogP contribution in [0.2, 0.25) is 10.0 Å². The molecule has 2 aromatic rings. The summed E-state index contributed by atoms with van der Waals surface area (Å²) in [6, 6.07) is 6.69. The Balaban J connectivity index is 1.81. The summed E-state index contributed by atoms with van der Waals surface area (Å²) in [5.41, 5.74) is 9.63. The highest BCUT2D eigenvalue weighted by Gasteiger charge is 2.39. The van der Waals surface area contributed by atoms with E-state index in [4.69, 9.17) is 23.2 Å². The number of carbonyl (C=O) groups excluding carboxylic acids is 2.